The first-order valence-electron chi connectivity index (χ1n) is 9.94. The first-order chi connectivity index (χ1) is 12.7. The molecule has 0 bridgehead atoms. The molecule has 0 aromatic carbocycles. The Morgan fingerprint density at radius 1 is 1.27 bits per heavy atom. The number of aliphatic hydroxyl groups excluding tert-OH is 1. The van der Waals surface area contributed by atoms with Gasteiger partial charge in [-0.25, -0.2) is 4.98 Å². The highest BCUT2D eigenvalue weighted by Crippen LogP contribution is 2.27. The Morgan fingerprint density at radius 3 is 2.88 bits per heavy atom. The number of ether oxygens (including phenoxy) is 1. The lowest BCUT2D eigenvalue weighted by molar-refractivity contribution is 0.193. The monoisotopic (exact) mass is 363 g/mol. The second kappa shape index (κ2) is 9.48. The zero-order chi connectivity index (χ0) is 18.4. The molecule has 7 heteroatoms. The Hall–Kier alpha value is -1.44. The highest BCUT2D eigenvalue weighted by Gasteiger charge is 2.23. The van der Waals surface area contributed by atoms with E-state index >= 15 is 0 Å². The van der Waals surface area contributed by atoms with E-state index in [0.717, 1.165) is 70.3 Å². The fourth-order valence-corrected chi connectivity index (χ4v) is 3.74. The van der Waals surface area contributed by atoms with E-state index < -0.39 is 0 Å². The van der Waals surface area contributed by atoms with Gasteiger partial charge in [-0.3, -0.25) is 0 Å². The molecule has 1 aromatic heterocycles. The molecule has 0 saturated carbocycles. The third kappa shape index (κ3) is 5.28. The van der Waals surface area contributed by atoms with Crippen LogP contribution in [0, 0.1) is 5.92 Å². The Labute approximate surface area is 156 Å². The summed E-state index contributed by atoms with van der Waals surface area (Å²) in [6.45, 7) is 12.0. The first kappa shape index (κ1) is 19.3. The van der Waals surface area contributed by atoms with E-state index in [-0.39, 0.29) is 6.61 Å². The maximum Gasteiger partial charge on any atom is 0.224 e. The van der Waals surface area contributed by atoms with Gasteiger partial charge in [-0.2, -0.15) is 4.98 Å². The summed E-state index contributed by atoms with van der Waals surface area (Å²) >= 11 is 0. The molecule has 0 amide bonds. The van der Waals surface area contributed by atoms with Gasteiger partial charge >= 0.3 is 0 Å². The number of anilines is 2. The van der Waals surface area contributed by atoms with Gasteiger partial charge in [0.2, 0.25) is 5.95 Å². The summed E-state index contributed by atoms with van der Waals surface area (Å²) < 4.78 is 5.55. The largest absolute Gasteiger partial charge is 0.395 e. The van der Waals surface area contributed by atoms with Crippen LogP contribution < -0.4 is 10.2 Å². The Kier molecular flexibility index (Phi) is 7.05. The van der Waals surface area contributed by atoms with Crippen LogP contribution in [0.4, 0.5) is 11.8 Å². The maximum atomic E-state index is 9.11. The van der Waals surface area contributed by atoms with Crippen molar-refractivity contribution in [1.82, 2.24) is 14.9 Å². The second-order valence-electron chi connectivity index (χ2n) is 7.72. The van der Waals surface area contributed by atoms with Crippen molar-refractivity contribution in [3.8, 4) is 0 Å². The van der Waals surface area contributed by atoms with Gasteiger partial charge < -0.3 is 25.0 Å². The van der Waals surface area contributed by atoms with Gasteiger partial charge in [0.1, 0.15) is 5.82 Å². The van der Waals surface area contributed by atoms with Crippen LogP contribution in [0.5, 0.6) is 0 Å². The number of rotatable bonds is 7. The molecule has 0 spiro atoms. The van der Waals surface area contributed by atoms with Crippen molar-refractivity contribution in [3.63, 3.8) is 0 Å². The van der Waals surface area contributed by atoms with Crippen molar-refractivity contribution < 1.29 is 9.84 Å². The third-order valence-electron chi connectivity index (χ3n) is 5.01. The smallest absolute Gasteiger partial charge is 0.224 e. The molecule has 1 unspecified atom stereocenters. The number of hydrogen-bond donors (Lipinski definition) is 2. The zero-order valence-corrected chi connectivity index (χ0v) is 16.2. The van der Waals surface area contributed by atoms with Crippen LogP contribution in [-0.2, 0) is 4.74 Å². The summed E-state index contributed by atoms with van der Waals surface area (Å²) in [6, 6.07) is 2.14. The lowest BCUT2D eigenvalue weighted by Crippen LogP contribution is -2.33. The normalized spacial score (nSPS) is 22.0. The molecule has 3 heterocycles. The van der Waals surface area contributed by atoms with Crippen molar-refractivity contribution in [3.05, 3.63) is 11.8 Å². The summed E-state index contributed by atoms with van der Waals surface area (Å²) in [5, 5.41) is 12.2. The van der Waals surface area contributed by atoms with Crippen LogP contribution in [0.3, 0.4) is 0 Å². The van der Waals surface area contributed by atoms with E-state index in [4.69, 9.17) is 14.8 Å². The van der Waals surface area contributed by atoms with E-state index in [9.17, 15) is 0 Å². The van der Waals surface area contributed by atoms with Crippen molar-refractivity contribution >= 4 is 11.8 Å². The van der Waals surface area contributed by atoms with Gasteiger partial charge in [-0.05, 0) is 25.3 Å². The van der Waals surface area contributed by atoms with E-state index in [1.54, 1.807) is 0 Å². The minimum atomic E-state index is 0.0728. The lowest BCUT2D eigenvalue weighted by atomic mass is 10.0. The van der Waals surface area contributed by atoms with Crippen LogP contribution in [0.25, 0.3) is 0 Å². The van der Waals surface area contributed by atoms with E-state index in [0.29, 0.717) is 24.3 Å². The van der Waals surface area contributed by atoms with Crippen LogP contribution >= 0.6 is 0 Å². The molecular formula is C19H33N5O2. The number of aromatic nitrogens is 2. The van der Waals surface area contributed by atoms with Gasteiger partial charge in [0.25, 0.3) is 0 Å². The summed E-state index contributed by atoms with van der Waals surface area (Å²) in [5.41, 5.74) is 1.05. The number of nitrogens with zero attached hydrogens (tertiary/aromatic N) is 4. The second-order valence-corrected chi connectivity index (χ2v) is 7.72. The first-order valence-corrected chi connectivity index (χ1v) is 9.94. The van der Waals surface area contributed by atoms with Crippen molar-refractivity contribution in [2.45, 2.75) is 32.6 Å². The van der Waals surface area contributed by atoms with Crippen LogP contribution in [0.1, 0.15) is 38.3 Å². The molecule has 26 heavy (non-hydrogen) atoms. The highest BCUT2D eigenvalue weighted by molar-refractivity contribution is 5.46. The van der Waals surface area contributed by atoms with E-state index in [1.165, 1.54) is 0 Å². The summed E-state index contributed by atoms with van der Waals surface area (Å²) in [7, 11) is 0. The summed E-state index contributed by atoms with van der Waals surface area (Å²) in [4.78, 5) is 14.3. The predicted octanol–water partition coefficient (Wildman–Crippen LogP) is 1.55. The van der Waals surface area contributed by atoms with E-state index in [2.05, 4.69) is 40.0 Å². The number of aliphatic hydroxyl groups is 1. The molecule has 0 aliphatic carbocycles. The molecule has 2 aliphatic rings. The fraction of sp³-hybridized carbons (Fsp3) is 0.789. The Morgan fingerprint density at radius 2 is 2.15 bits per heavy atom. The SMILES string of the molecule is CC(C)CN1CCCN(c2cc(C3CCOC3)nc(NCCO)n2)CC1. The van der Waals surface area contributed by atoms with Crippen LogP contribution in [-0.4, -0.2) is 79.1 Å². The average molecular weight is 364 g/mol. The molecule has 2 N–H and O–H groups in total. The van der Waals surface area contributed by atoms with Crippen LogP contribution in [0.2, 0.25) is 0 Å². The van der Waals surface area contributed by atoms with Gasteiger partial charge in [-0.15, -0.1) is 0 Å². The minimum absolute atomic E-state index is 0.0728. The van der Waals surface area contributed by atoms with Crippen molar-refractivity contribution in [2.75, 3.05) is 69.3 Å². The molecular weight excluding hydrogens is 330 g/mol. The predicted molar refractivity (Wildman–Crippen MR) is 104 cm³/mol. The van der Waals surface area contributed by atoms with E-state index in [1.807, 2.05) is 0 Å². The Bertz CT molecular complexity index is 563. The fourth-order valence-electron chi connectivity index (χ4n) is 3.74. The highest BCUT2D eigenvalue weighted by atomic mass is 16.5. The topological polar surface area (TPSA) is 73.8 Å². The quantitative estimate of drug-likeness (QED) is 0.761. The molecule has 1 atom stereocenters. The summed E-state index contributed by atoms with van der Waals surface area (Å²) in [5.74, 6) is 2.65. The van der Waals surface area contributed by atoms with Gasteiger partial charge in [0.05, 0.1) is 18.9 Å². The van der Waals surface area contributed by atoms with Crippen molar-refractivity contribution in [1.29, 1.82) is 0 Å². The maximum absolute atomic E-state index is 9.11. The number of nitrogens with one attached hydrogen (secondary N) is 1. The molecule has 7 nitrogen and oxygen atoms in total. The molecule has 2 aliphatic heterocycles. The molecule has 2 fully saturated rings. The number of hydrogen-bond acceptors (Lipinski definition) is 7. The van der Waals surface area contributed by atoms with Crippen LogP contribution in [0.15, 0.2) is 6.07 Å². The van der Waals surface area contributed by atoms with Gasteiger partial charge in [-0.1, -0.05) is 13.8 Å². The molecule has 1 aromatic rings. The van der Waals surface area contributed by atoms with Crippen molar-refractivity contribution in [2.24, 2.45) is 5.92 Å². The lowest BCUT2D eigenvalue weighted by Gasteiger charge is -2.24. The molecule has 0 radical (unpaired) electrons. The minimum Gasteiger partial charge on any atom is -0.395 e. The summed E-state index contributed by atoms with van der Waals surface area (Å²) in [6.07, 6.45) is 2.16. The zero-order valence-electron chi connectivity index (χ0n) is 16.2. The molecule has 2 saturated heterocycles. The van der Waals surface area contributed by atoms with Gasteiger partial charge in [0.15, 0.2) is 0 Å². The molecule has 3 rings (SSSR count). The molecule has 146 valence electrons. The average Bonchev–Trinajstić information content (AvgIpc) is 3.07. The Balaban J connectivity index is 1.75. The standard InChI is InChI=1S/C19H33N5O2/c1-15(2)13-23-6-3-7-24(9-8-23)18-12-17(16-4-11-26-14-16)21-19(22-18)20-5-10-25/h12,15-16,25H,3-11,13-14H2,1-2H3,(H,20,21,22). The third-order valence-corrected chi connectivity index (χ3v) is 5.01. The van der Waals surface area contributed by atoms with Gasteiger partial charge in [0, 0.05) is 51.3 Å².